The summed E-state index contributed by atoms with van der Waals surface area (Å²) in [6, 6.07) is 5.15. The Kier molecular flexibility index (Phi) is 3.36. The Morgan fingerprint density at radius 2 is 2.20 bits per heavy atom. The third-order valence-corrected chi connectivity index (χ3v) is 4.01. The Bertz CT molecular complexity index is 777. The number of nitrogen functional groups attached to an aromatic ring is 1. The predicted octanol–water partition coefficient (Wildman–Crippen LogP) is 2.34. The van der Waals surface area contributed by atoms with E-state index in [9.17, 15) is 4.39 Å². The molecule has 2 aromatic heterocycles. The van der Waals surface area contributed by atoms with Crippen LogP contribution in [0.2, 0.25) is 0 Å². The van der Waals surface area contributed by atoms with Gasteiger partial charge in [0.2, 0.25) is 5.95 Å². The summed E-state index contributed by atoms with van der Waals surface area (Å²) in [7, 11) is 1.88. The quantitative estimate of drug-likeness (QED) is 0.705. The van der Waals surface area contributed by atoms with Crippen LogP contribution in [0.5, 0.6) is 0 Å². The van der Waals surface area contributed by atoms with Gasteiger partial charge in [-0.2, -0.15) is 5.10 Å². The number of fused-ring (bicyclic) bond motifs is 1. The number of hydrogen-bond acceptors (Lipinski definition) is 3. The number of nitrogens with two attached hydrogens (primary N) is 1. The van der Waals surface area contributed by atoms with E-state index in [4.69, 9.17) is 5.73 Å². The molecule has 5 nitrogen and oxygen atoms in total. The maximum Gasteiger partial charge on any atom is 0.201 e. The molecule has 0 bridgehead atoms. The van der Waals surface area contributed by atoms with E-state index in [2.05, 4.69) is 10.1 Å². The molecule has 0 aliphatic heterocycles. The molecule has 3 rings (SSSR count). The minimum absolute atomic E-state index is 0.253. The standard InChI is InChI=1S/C13H13FIN5/c1-19-4-2-8(18-19)3-5-20-12-6-9(14)10(15)7-11(12)17-13(20)16/h2,4,6-7H,3,5H2,1H3,(H2,16,17). The second kappa shape index (κ2) is 5.04. The van der Waals surface area contributed by atoms with Crippen molar-refractivity contribution < 1.29 is 4.39 Å². The van der Waals surface area contributed by atoms with Crippen LogP contribution in [0, 0.1) is 9.39 Å². The van der Waals surface area contributed by atoms with Gasteiger partial charge in [-0.1, -0.05) is 0 Å². The van der Waals surface area contributed by atoms with Gasteiger partial charge >= 0.3 is 0 Å². The van der Waals surface area contributed by atoms with Crippen LogP contribution in [0.3, 0.4) is 0 Å². The Morgan fingerprint density at radius 1 is 1.40 bits per heavy atom. The molecule has 20 heavy (non-hydrogen) atoms. The summed E-state index contributed by atoms with van der Waals surface area (Å²) in [6.07, 6.45) is 2.62. The summed E-state index contributed by atoms with van der Waals surface area (Å²) in [5.74, 6) is 0.148. The predicted molar refractivity (Wildman–Crippen MR) is 83.7 cm³/mol. The van der Waals surface area contributed by atoms with Gasteiger partial charge in [-0.15, -0.1) is 0 Å². The van der Waals surface area contributed by atoms with Gasteiger partial charge in [0.25, 0.3) is 0 Å². The molecule has 1 aromatic carbocycles. The molecule has 0 aliphatic rings. The zero-order valence-electron chi connectivity index (χ0n) is 10.8. The first kappa shape index (κ1) is 13.3. The molecule has 0 fully saturated rings. The molecule has 0 spiro atoms. The fourth-order valence-electron chi connectivity index (χ4n) is 2.20. The van der Waals surface area contributed by atoms with E-state index in [0.29, 0.717) is 21.6 Å². The van der Waals surface area contributed by atoms with Crippen LogP contribution in [-0.2, 0) is 20.0 Å². The van der Waals surface area contributed by atoms with Gasteiger partial charge in [0, 0.05) is 32.3 Å². The Balaban J connectivity index is 1.94. The van der Waals surface area contributed by atoms with E-state index in [-0.39, 0.29) is 5.82 Å². The summed E-state index contributed by atoms with van der Waals surface area (Å²) in [4.78, 5) is 4.28. The normalized spacial score (nSPS) is 11.3. The van der Waals surface area contributed by atoms with Crippen molar-refractivity contribution in [3.8, 4) is 0 Å². The van der Waals surface area contributed by atoms with Gasteiger partial charge in [0.1, 0.15) is 5.82 Å². The summed E-state index contributed by atoms with van der Waals surface area (Å²) in [5, 5.41) is 4.32. The van der Waals surface area contributed by atoms with Gasteiger partial charge in [0.05, 0.1) is 20.3 Å². The molecule has 104 valence electrons. The first-order valence-corrected chi connectivity index (χ1v) is 7.22. The fraction of sp³-hybridized carbons (Fsp3) is 0.231. The Labute approximate surface area is 128 Å². The molecule has 3 aromatic rings. The summed E-state index contributed by atoms with van der Waals surface area (Å²) < 4.78 is 17.8. The van der Waals surface area contributed by atoms with E-state index < -0.39 is 0 Å². The first-order valence-electron chi connectivity index (χ1n) is 6.14. The highest BCUT2D eigenvalue weighted by Crippen LogP contribution is 2.23. The largest absolute Gasteiger partial charge is 0.369 e. The van der Waals surface area contributed by atoms with Crippen molar-refractivity contribution in [2.75, 3.05) is 5.73 Å². The van der Waals surface area contributed by atoms with Crippen molar-refractivity contribution in [2.24, 2.45) is 7.05 Å². The lowest BCUT2D eigenvalue weighted by molar-refractivity contribution is 0.620. The zero-order valence-corrected chi connectivity index (χ0v) is 13.0. The molecule has 2 N–H and O–H groups in total. The maximum absolute atomic E-state index is 13.7. The highest BCUT2D eigenvalue weighted by molar-refractivity contribution is 14.1. The molecular formula is C13H13FIN5. The number of rotatable bonds is 3. The van der Waals surface area contributed by atoms with Gasteiger partial charge in [-0.3, -0.25) is 4.68 Å². The Hall–Kier alpha value is -1.64. The monoisotopic (exact) mass is 385 g/mol. The molecule has 7 heteroatoms. The number of imidazole rings is 1. The number of nitrogens with zero attached hydrogens (tertiary/aromatic N) is 4. The molecule has 0 unspecified atom stereocenters. The highest BCUT2D eigenvalue weighted by atomic mass is 127. The first-order chi connectivity index (χ1) is 9.54. The average molecular weight is 385 g/mol. The summed E-state index contributed by atoms with van der Waals surface area (Å²) >= 11 is 1.95. The summed E-state index contributed by atoms with van der Waals surface area (Å²) in [5.41, 5.74) is 8.33. The number of aromatic nitrogens is 4. The smallest absolute Gasteiger partial charge is 0.201 e. The molecule has 0 radical (unpaired) electrons. The van der Waals surface area contributed by atoms with Crippen LogP contribution in [-0.4, -0.2) is 19.3 Å². The second-order valence-corrected chi connectivity index (χ2v) is 5.77. The van der Waals surface area contributed by atoms with E-state index in [1.54, 1.807) is 10.7 Å². The molecular weight excluding hydrogens is 372 g/mol. The molecule has 0 atom stereocenters. The fourth-order valence-corrected chi connectivity index (χ4v) is 2.65. The van der Waals surface area contributed by atoms with Crippen molar-refractivity contribution in [2.45, 2.75) is 13.0 Å². The van der Waals surface area contributed by atoms with Crippen LogP contribution in [0.15, 0.2) is 24.4 Å². The number of aryl methyl sites for hydroxylation is 3. The van der Waals surface area contributed by atoms with Crippen molar-refractivity contribution in [3.63, 3.8) is 0 Å². The third-order valence-electron chi connectivity index (χ3n) is 3.18. The van der Waals surface area contributed by atoms with Crippen molar-refractivity contribution in [3.05, 3.63) is 39.5 Å². The molecule has 0 aliphatic carbocycles. The average Bonchev–Trinajstić information content (AvgIpc) is 2.92. The van der Waals surface area contributed by atoms with Gasteiger partial charge in [0.15, 0.2) is 0 Å². The minimum atomic E-state index is -0.253. The van der Waals surface area contributed by atoms with Crippen molar-refractivity contribution >= 4 is 39.6 Å². The van der Waals surface area contributed by atoms with E-state index in [1.807, 2.05) is 46.5 Å². The van der Waals surface area contributed by atoms with Crippen molar-refractivity contribution in [1.82, 2.24) is 19.3 Å². The third kappa shape index (κ3) is 2.37. The molecule has 2 heterocycles. The lowest BCUT2D eigenvalue weighted by atomic mass is 10.3. The SMILES string of the molecule is Cn1ccc(CCn2c(N)nc3cc(I)c(F)cc32)n1. The number of halogens is 2. The lowest BCUT2D eigenvalue weighted by Crippen LogP contribution is -2.06. The minimum Gasteiger partial charge on any atom is -0.369 e. The zero-order chi connectivity index (χ0) is 14.3. The molecule has 0 saturated carbocycles. The number of benzene rings is 1. The van der Waals surface area contributed by atoms with Gasteiger partial charge in [-0.25, -0.2) is 9.37 Å². The highest BCUT2D eigenvalue weighted by Gasteiger charge is 2.12. The number of anilines is 1. The second-order valence-electron chi connectivity index (χ2n) is 4.61. The van der Waals surface area contributed by atoms with Crippen LogP contribution in [0.4, 0.5) is 10.3 Å². The van der Waals surface area contributed by atoms with E-state index in [0.717, 1.165) is 17.6 Å². The topological polar surface area (TPSA) is 61.7 Å². The van der Waals surface area contributed by atoms with Crippen LogP contribution >= 0.6 is 22.6 Å². The van der Waals surface area contributed by atoms with Crippen LogP contribution < -0.4 is 5.73 Å². The van der Waals surface area contributed by atoms with Gasteiger partial charge < -0.3 is 10.3 Å². The van der Waals surface area contributed by atoms with E-state index in [1.165, 1.54) is 6.07 Å². The van der Waals surface area contributed by atoms with E-state index >= 15 is 0 Å². The van der Waals surface area contributed by atoms with Crippen molar-refractivity contribution in [1.29, 1.82) is 0 Å². The number of hydrogen-bond donors (Lipinski definition) is 1. The Morgan fingerprint density at radius 3 is 2.90 bits per heavy atom. The van der Waals surface area contributed by atoms with Gasteiger partial charge in [-0.05, 0) is 34.7 Å². The van der Waals surface area contributed by atoms with Crippen LogP contribution in [0.1, 0.15) is 5.69 Å². The molecule has 0 amide bonds. The van der Waals surface area contributed by atoms with Crippen LogP contribution in [0.25, 0.3) is 11.0 Å². The summed E-state index contributed by atoms with van der Waals surface area (Å²) in [6.45, 7) is 0.624. The molecule has 0 saturated heterocycles. The lowest BCUT2D eigenvalue weighted by Gasteiger charge is -2.05. The maximum atomic E-state index is 13.7.